The highest BCUT2D eigenvalue weighted by Crippen LogP contribution is 2.51. The number of para-hydroxylation sites is 4. The summed E-state index contributed by atoms with van der Waals surface area (Å²) in [6, 6.07) is 87.8. The van der Waals surface area contributed by atoms with Crippen LogP contribution in [0.25, 0.3) is 110 Å². The maximum Gasteiger partial charge on any atom is 0.0626 e. The van der Waals surface area contributed by atoms with Crippen molar-refractivity contribution in [1.29, 1.82) is 0 Å². The minimum atomic E-state index is -0.135. The van der Waals surface area contributed by atoms with Crippen LogP contribution in [0.4, 0.5) is 17.1 Å². The molecule has 0 N–H and O–H groups in total. The molecule has 3 aromatic heterocycles. The minimum absolute atomic E-state index is 0.135. The quantitative estimate of drug-likeness (QED) is 0.120. The van der Waals surface area contributed by atoms with Crippen molar-refractivity contribution in [3.05, 3.63) is 248 Å². The van der Waals surface area contributed by atoms with Crippen molar-refractivity contribution in [2.24, 2.45) is 0 Å². The van der Waals surface area contributed by atoms with Gasteiger partial charge in [-0.3, -0.25) is 0 Å². The molecule has 0 fully saturated rings. The Hall–Kier alpha value is -8.92. The van der Waals surface area contributed by atoms with Gasteiger partial charge in [-0.1, -0.05) is 172 Å². The SMILES string of the molecule is CC1(C)c2ccccc2-c2ccc(N(c3ccc(-c4cc5c6ccccc6n6c7ccccc7c7cccc4c7c56)cc3)c3ccc(-c4cccc5c4c4ccccc4n5-c4ccccc4)cc3)cc21. The molecule has 3 heteroatoms. The molecule has 0 unspecified atom stereocenters. The number of benzene rings is 11. The minimum Gasteiger partial charge on any atom is -0.310 e. The second-order valence-corrected chi connectivity index (χ2v) is 19.6. The zero-order chi connectivity index (χ0) is 46.2. The molecule has 3 nitrogen and oxygen atoms in total. The molecule has 0 saturated carbocycles. The van der Waals surface area contributed by atoms with Gasteiger partial charge in [0.25, 0.3) is 0 Å². The van der Waals surface area contributed by atoms with Crippen LogP contribution in [0.3, 0.4) is 0 Å². The van der Waals surface area contributed by atoms with Crippen LogP contribution in [0.15, 0.2) is 237 Å². The maximum atomic E-state index is 2.49. The zero-order valence-corrected chi connectivity index (χ0v) is 38.9. The van der Waals surface area contributed by atoms with E-state index in [-0.39, 0.29) is 5.41 Å². The highest BCUT2D eigenvalue weighted by atomic mass is 15.1. The van der Waals surface area contributed by atoms with Gasteiger partial charge in [0.05, 0.1) is 27.6 Å². The summed E-state index contributed by atoms with van der Waals surface area (Å²) in [6.45, 7) is 4.73. The van der Waals surface area contributed by atoms with E-state index in [1.165, 1.54) is 115 Å². The van der Waals surface area contributed by atoms with Crippen LogP contribution >= 0.6 is 0 Å². The molecule has 0 radical (unpaired) electrons. The van der Waals surface area contributed by atoms with E-state index < -0.39 is 0 Å². The predicted molar refractivity (Wildman–Crippen MR) is 296 cm³/mol. The highest BCUT2D eigenvalue weighted by Gasteiger charge is 2.36. The van der Waals surface area contributed by atoms with Crippen molar-refractivity contribution in [2.45, 2.75) is 19.3 Å². The maximum absolute atomic E-state index is 2.49. The fourth-order valence-electron chi connectivity index (χ4n) is 12.5. The number of aromatic nitrogens is 2. The van der Waals surface area contributed by atoms with Crippen LogP contribution < -0.4 is 4.90 Å². The fraction of sp³-hybridized carbons (Fsp3) is 0.0448. The molecule has 1 aliphatic carbocycles. The van der Waals surface area contributed by atoms with Gasteiger partial charge in [0.2, 0.25) is 0 Å². The van der Waals surface area contributed by atoms with Crippen LogP contribution in [0, 0.1) is 0 Å². The van der Waals surface area contributed by atoms with E-state index in [9.17, 15) is 0 Å². The normalized spacial score (nSPS) is 13.1. The third-order valence-electron chi connectivity index (χ3n) is 15.6. The van der Waals surface area contributed by atoms with Crippen LogP contribution in [-0.4, -0.2) is 8.97 Å². The molecule has 15 rings (SSSR count). The first-order chi connectivity index (χ1) is 34.5. The highest BCUT2D eigenvalue weighted by molar-refractivity contribution is 6.31. The Morgan fingerprint density at radius 2 is 0.857 bits per heavy atom. The monoisotopic (exact) mass is 891 g/mol. The van der Waals surface area contributed by atoms with E-state index in [4.69, 9.17) is 0 Å². The molecule has 0 aliphatic heterocycles. The van der Waals surface area contributed by atoms with E-state index in [0.717, 1.165) is 22.7 Å². The smallest absolute Gasteiger partial charge is 0.0626 e. The van der Waals surface area contributed by atoms with E-state index in [0.29, 0.717) is 0 Å². The third kappa shape index (κ3) is 5.40. The van der Waals surface area contributed by atoms with E-state index >= 15 is 0 Å². The summed E-state index contributed by atoms with van der Waals surface area (Å²) in [6.07, 6.45) is 0. The first kappa shape index (κ1) is 39.1. The average molecular weight is 892 g/mol. The average Bonchev–Trinajstić information content (AvgIpc) is 4.03. The van der Waals surface area contributed by atoms with Crippen LogP contribution in [-0.2, 0) is 5.41 Å². The Morgan fingerprint density at radius 1 is 0.329 bits per heavy atom. The Morgan fingerprint density at radius 3 is 1.60 bits per heavy atom. The lowest BCUT2D eigenvalue weighted by Crippen LogP contribution is -2.16. The zero-order valence-electron chi connectivity index (χ0n) is 38.9. The summed E-state index contributed by atoms with van der Waals surface area (Å²) in [5.41, 5.74) is 20.8. The van der Waals surface area contributed by atoms with Crippen LogP contribution in [0.5, 0.6) is 0 Å². The van der Waals surface area contributed by atoms with Gasteiger partial charge in [-0.25, -0.2) is 0 Å². The van der Waals surface area contributed by atoms with E-state index in [1.54, 1.807) is 0 Å². The molecule has 328 valence electrons. The molecule has 1 aliphatic rings. The summed E-state index contributed by atoms with van der Waals surface area (Å²) < 4.78 is 4.89. The third-order valence-corrected chi connectivity index (χ3v) is 15.6. The van der Waals surface area contributed by atoms with Crippen molar-refractivity contribution < 1.29 is 0 Å². The molecule has 0 amide bonds. The molecule has 11 aromatic carbocycles. The van der Waals surface area contributed by atoms with Crippen molar-refractivity contribution in [3.63, 3.8) is 0 Å². The van der Waals surface area contributed by atoms with Gasteiger partial charge in [0, 0.05) is 60.5 Å². The van der Waals surface area contributed by atoms with Crippen molar-refractivity contribution in [1.82, 2.24) is 8.97 Å². The summed E-state index contributed by atoms with van der Waals surface area (Å²) in [7, 11) is 0. The van der Waals surface area contributed by atoms with Crippen LogP contribution in [0.2, 0.25) is 0 Å². The van der Waals surface area contributed by atoms with Gasteiger partial charge < -0.3 is 13.9 Å². The lowest BCUT2D eigenvalue weighted by Gasteiger charge is -2.28. The molecular weight excluding hydrogens is 847 g/mol. The van der Waals surface area contributed by atoms with Gasteiger partial charge in [0.15, 0.2) is 0 Å². The van der Waals surface area contributed by atoms with Crippen molar-refractivity contribution >= 4 is 87.7 Å². The Labute approximate surface area is 405 Å². The van der Waals surface area contributed by atoms with E-state index in [2.05, 4.69) is 264 Å². The molecule has 70 heavy (non-hydrogen) atoms. The molecule has 0 bridgehead atoms. The number of pyridine rings is 1. The number of nitrogens with zero attached hydrogens (tertiary/aromatic N) is 3. The molecule has 0 spiro atoms. The first-order valence-electron chi connectivity index (χ1n) is 24.4. The summed E-state index contributed by atoms with van der Waals surface area (Å²) in [5.74, 6) is 0. The lowest BCUT2D eigenvalue weighted by atomic mass is 9.82. The molecule has 3 heterocycles. The largest absolute Gasteiger partial charge is 0.310 e. The number of hydrogen-bond acceptors (Lipinski definition) is 1. The van der Waals surface area contributed by atoms with Crippen LogP contribution in [0.1, 0.15) is 25.0 Å². The number of fused-ring (bicyclic) bond motifs is 12. The number of anilines is 3. The second-order valence-electron chi connectivity index (χ2n) is 19.6. The van der Waals surface area contributed by atoms with E-state index in [1.807, 2.05) is 0 Å². The van der Waals surface area contributed by atoms with Gasteiger partial charge in [0.1, 0.15) is 0 Å². The van der Waals surface area contributed by atoms with Gasteiger partial charge in [-0.05, 0) is 134 Å². The topological polar surface area (TPSA) is 12.6 Å². The summed E-state index contributed by atoms with van der Waals surface area (Å²) >= 11 is 0. The fourth-order valence-corrected chi connectivity index (χ4v) is 12.5. The lowest BCUT2D eigenvalue weighted by molar-refractivity contribution is 0.660. The summed E-state index contributed by atoms with van der Waals surface area (Å²) in [5, 5.41) is 10.2. The van der Waals surface area contributed by atoms with Gasteiger partial charge in [-0.15, -0.1) is 0 Å². The van der Waals surface area contributed by atoms with Crippen molar-refractivity contribution in [3.8, 4) is 39.1 Å². The predicted octanol–water partition coefficient (Wildman–Crippen LogP) is 18.2. The molecule has 14 aromatic rings. The second kappa shape index (κ2) is 14.5. The molecule has 0 saturated heterocycles. The summed E-state index contributed by atoms with van der Waals surface area (Å²) in [4.78, 5) is 2.44. The first-order valence-corrected chi connectivity index (χ1v) is 24.4. The van der Waals surface area contributed by atoms with Gasteiger partial charge in [-0.2, -0.15) is 0 Å². The Balaban J connectivity index is 0.896. The number of hydrogen-bond donors (Lipinski definition) is 0. The molecular formula is C67H45N3. The Kier molecular flexibility index (Phi) is 8.13. The number of rotatable bonds is 6. The molecule has 0 atom stereocenters. The Bertz CT molecular complexity index is 4410. The van der Waals surface area contributed by atoms with Crippen molar-refractivity contribution in [2.75, 3.05) is 4.90 Å². The van der Waals surface area contributed by atoms with Gasteiger partial charge >= 0.3 is 0 Å². The standard InChI is InChI=1S/C67H45N3/c1-67(2)58-25-10-6-18-49(58)50-39-38-47(40-59(50)67)68(45-34-30-42(31-35-45)48-22-15-29-63-64(48)55-21-9-13-28-62(55)69(63)44-16-4-3-5-17-44)46-36-32-43(33-37-46)56-41-57-52-20-8-12-27-61(52)70-60-26-11-7-19-51(60)53-23-14-24-54(56)65(53)66(57)70/h3-41H,1-2H3.